The minimum atomic E-state index is 0. The molecule has 2 unspecified atom stereocenters. The van der Waals surface area contributed by atoms with E-state index < -0.39 is 0 Å². The maximum atomic E-state index is 4.95. The predicted octanol–water partition coefficient (Wildman–Crippen LogP) is 4.18. The Morgan fingerprint density at radius 1 is 1.14 bits per heavy atom. The molecule has 1 aliphatic carbocycles. The lowest BCUT2D eigenvalue weighted by Gasteiger charge is -2.22. The van der Waals surface area contributed by atoms with E-state index >= 15 is 0 Å². The summed E-state index contributed by atoms with van der Waals surface area (Å²) in [6.07, 6.45) is 10.5. The van der Waals surface area contributed by atoms with Gasteiger partial charge in [0.25, 0.3) is 0 Å². The quantitative estimate of drug-likeness (QED) is 0.363. The van der Waals surface area contributed by atoms with Crippen LogP contribution in [0.25, 0.3) is 0 Å². The second kappa shape index (κ2) is 11.0. The van der Waals surface area contributed by atoms with E-state index in [-0.39, 0.29) is 24.0 Å². The Kier molecular flexibility index (Phi) is 8.39. The molecule has 0 amide bonds. The number of aliphatic imine (C=N–C) groups is 1. The van der Waals surface area contributed by atoms with Gasteiger partial charge in [-0.05, 0) is 37.2 Å². The Hall–Kier alpha value is -1.57. The van der Waals surface area contributed by atoms with Gasteiger partial charge in [-0.3, -0.25) is 4.99 Å². The number of nitrogens with one attached hydrogen (secondary N) is 1. The molecule has 1 N–H and O–H groups in total. The highest BCUT2D eigenvalue weighted by molar-refractivity contribution is 14.0. The normalized spacial score (nSPS) is 21.6. The highest BCUT2D eigenvalue weighted by Gasteiger charge is 2.35. The van der Waals surface area contributed by atoms with Crippen LogP contribution in [0.15, 0.2) is 47.7 Å². The van der Waals surface area contributed by atoms with E-state index in [1.54, 1.807) is 0 Å². The van der Waals surface area contributed by atoms with Crippen LogP contribution in [-0.4, -0.2) is 46.6 Å². The van der Waals surface area contributed by atoms with Gasteiger partial charge in [0.2, 0.25) is 0 Å². The van der Waals surface area contributed by atoms with Gasteiger partial charge in [0.15, 0.2) is 5.96 Å². The smallest absolute Gasteiger partial charge is 0.193 e. The fraction of sp³-hybridized carbons (Fsp3) is 0.565. The van der Waals surface area contributed by atoms with Crippen LogP contribution >= 0.6 is 24.0 Å². The molecule has 1 saturated carbocycles. The zero-order valence-electron chi connectivity index (χ0n) is 17.5. The summed E-state index contributed by atoms with van der Waals surface area (Å²) in [4.78, 5) is 12.0. The SMILES string of the molecule is CCNC(=NCCc1nccn1Cc1ccccc1)N1CC2CCCCC2C1.I. The number of hydrogen-bond donors (Lipinski definition) is 1. The van der Waals surface area contributed by atoms with Gasteiger partial charge in [-0.2, -0.15) is 0 Å². The third-order valence-corrected chi connectivity index (χ3v) is 6.21. The fourth-order valence-electron chi connectivity index (χ4n) is 4.76. The predicted molar refractivity (Wildman–Crippen MR) is 130 cm³/mol. The first-order chi connectivity index (χ1) is 13.8. The lowest BCUT2D eigenvalue weighted by Crippen LogP contribution is -2.40. The van der Waals surface area contributed by atoms with Crippen LogP contribution < -0.4 is 5.32 Å². The van der Waals surface area contributed by atoms with Crippen molar-refractivity contribution in [2.75, 3.05) is 26.2 Å². The number of aromatic nitrogens is 2. The molecular formula is C23H34IN5. The molecule has 6 heteroatoms. The van der Waals surface area contributed by atoms with Crippen LogP contribution in [-0.2, 0) is 13.0 Å². The van der Waals surface area contributed by atoms with Crippen molar-refractivity contribution in [1.29, 1.82) is 0 Å². The third-order valence-electron chi connectivity index (χ3n) is 6.21. The van der Waals surface area contributed by atoms with Crippen LogP contribution in [0.1, 0.15) is 44.0 Å². The van der Waals surface area contributed by atoms with Crippen molar-refractivity contribution in [1.82, 2.24) is 19.8 Å². The molecule has 1 aromatic carbocycles. The van der Waals surface area contributed by atoms with E-state index in [0.717, 1.165) is 49.7 Å². The van der Waals surface area contributed by atoms with Crippen molar-refractivity contribution in [2.45, 2.75) is 45.6 Å². The van der Waals surface area contributed by atoms with E-state index in [9.17, 15) is 0 Å². The fourth-order valence-corrected chi connectivity index (χ4v) is 4.76. The van der Waals surface area contributed by atoms with E-state index in [0.29, 0.717) is 0 Å². The summed E-state index contributed by atoms with van der Waals surface area (Å²) in [7, 11) is 0. The number of rotatable bonds is 6. The number of hydrogen-bond acceptors (Lipinski definition) is 2. The minimum Gasteiger partial charge on any atom is -0.357 e. The summed E-state index contributed by atoms with van der Waals surface area (Å²) >= 11 is 0. The molecule has 2 aromatic rings. The van der Waals surface area contributed by atoms with Gasteiger partial charge in [-0.1, -0.05) is 43.2 Å². The van der Waals surface area contributed by atoms with Crippen molar-refractivity contribution in [3.63, 3.8) is 0 Å². The number of halogens is 1. The molecule has 0 bridgehead atoms. The summed E-state index contributed by atoms with van der Waals surface area (Å²) in [6.45, 7) is 7.09. The number of benzene rings is 1. The summed E-state index contributed by atoms with van der Waals surface area (Å²) in [5.74, 6) is 3.96. The first-order valence-electron chi connectivity index (χ1n) is 10.9. The van der Waals surface area contributed by atoms with Gasteiger partial charge in [0.1, 0.15) is 5.82 Å². The largest absolute Gasteiger partial charge is 0.357 e. The molecule has 5 nitrogen and oxygen atoms in total. The van der Waals surface area contributed by atoms with Crippen molar-refractivity contribution in [2.24, 2.45) is 16.8 Å². The maximum absolute atomic E-state index is 4.95. The van der Waals surface area contributed by atoms with Crippen LogP contribution in [0.4, 0.5) is 0 Å². The average Bonchev–Trinajstić information content (AvgIpc) is 3.35. The molecular weight excluding hydrogens is 473 g/mol. The second-order valence-electron chi connectivity index (χ2n) is 8.15. The van der Waals surface area contributed by atoms with Gasteiger partial charge < -0.3 is 14.8 Å². The van der Waals surface area contributed by atoms with Gasteiger partial charge in [0, 0.05) is 51.5 Å². The first-order valence-corrected chi connectivity index (χ1v) is 10.9. The average molecular weight is 507 g/mol. The Bertz CT molecular complexity index is 759. The number of imidazole rings is 1. The Morgan fingerprint density at radius 2 is 1.86 bits per heavy atom. The summed E-state index contributed by atoms with van der Waals surface area (Å²) in [5.41, 5.74) is 1.30. The van der Waals surface area contributed by atoms with Gasteiger partial charge in [-0.25, -0.2) is 4.98 Å². The van der Waals surface area contributed by atoms with Crippen LogP contribution in [0.5, 0.6) is 0 Å². The lowest BCUT2D eigenvalue weighted by atomic mass is 9.82. The highest BCUT2D eigenvalue weighted by Crippen LogP contribution is 2.35. The molecule has 1 saturated heterocycles. The minimum absolute atomic E-state index is 0. The Labute approximate surface area is 192 Å². The summed E-state index contributed by atoms with van der Waals surface area (Å²) in [6, 6.07) is 10.6. The highest BCUT2D eigenvalue weighted by atomic mass is 127. The van der Waals surface area contributed by atoms with Crippen LogP contribution in [0, 0.1) is 11.8 Å². The Balaban J connectivity index is 0.00000240. The number of fused-ring (bicyclic) bond motifs is 1. The van der Waals surface area contributed by atoms with Crippen LogP contribution in [0.3, 0.4) is 0 Å². The van der Waals surface area contributed by atoms with E-state index in [2.05, 4.69) is 63.2 Å². The van der Waals surface area contributed by atoms with Crippen molar-refractivity contribution in [3.05, 3.63) is 54.1 Å². The number of guanidine groups is 1. The molecule has 0 radical (unpaired) electrons. The molecule has 2 aliphatic rings. The van der Waals surface area contributed by atoms with E-state index in [1.165, 1.54) is 44.3 Å². The summed E-state index contributed by atoms with van der Waals surface area (Å²) in [5, 5.41) is 3.52. The molecule has 1 aromatic heterocycles. The molecule has 158 valence electrons. The zero-order chi connectivity index (χ0) is 19.2. The molecule has 1 aliphatic heterocycles. The standard InChI is InChI=1S/C23H33N5.HI/c1-2-24-23(28-17-20-10-6-7-11-21(20)18-28)26-13-12-22-25-14-15-27(22)16-19-8-4-3-5-9-19;/h3-5,8-9,14-15,20-21H,2,6-7,10-13,16-18H2,1H3,(H,24,26);1H. The monoisotopic (exact) mass is 507 g/mol. The molecule has 2 heterocycles. The second-order valence-corrected chi connectivity index (χ2v) is 8.15. The van der Waals surface area contributed by atoms with E-state index in [4.69, 9.17) is 4.99 Å². The lowest BCUT2D eigenvalue weighted by molar-refractivity contribution is 0.299. The molecule has 2 fully saturated rings. The van der Waals surface area contributed by atoms with Crippen molar-refractivity contribution in [3.8, 4) is 0 Å². The van der Waals surface area contributed by atoms with Crippen LogP contribution in [0.2, 0.25) is 0 Å². The van der Waals surface area contributed by atoms with Crippen molar-refractivity contribution >= 4 is 29.9 Å². The number of likely N-dealkylation sites (tertiary alicyclic amines) is 1. The number of nitrogens with zero attached hydrogens (tertiary/aromatic N) is 4. The van der Waals surface area contributed by atoms with E-state index in [1.807, 2.05) is 6.20 Å². The Morgan fingerprint density at radius 3 is 2.55 bits per heavy atom. The molecule has 29 heavy (non-hydrogen) atoms. The van der Waals surface area contributed by atoms with Gasteiger partial charge >= 0.3 is 0 Å². The molecule has 2 atom stereocenters. The molecule has 4 rings (SSSR count). The topological polar surface area (TPSA) is 45.5 Å². The summed E-state index contributed by atoms with van der Waals surface area (Å²) < 4.78 is 2.24. The third kappa shape index (κ3) is 5.74. The zero-order valence-corrected chi connectivity index (χ0v) is 19.8. The van der Waals surface area contributed by atoms with Crippen molar-refractivity contribution < 1.29 is 0 Å². The molecule has 0 spiro atoms. The van der Waals surface area contributed by atoms with Gasteiger partial charge in [-0.15, -0.1) is 24.0 Å². The first kappa shape index (κ1) is 22.1. The maximum Gasteiger partial charge on any atom is 0.193 e. The van der Waals surface area contributed by atoms with Gasteiger partial charge in [0.05, 0.1) is 0 Å².